The highest BCUT2D eigenvalue weighted by atomic mass is 35.5. The van der Waals surface area contributed by atoms with Crippen LogP contribution in [0.2, 0.25) is 5.02 Å². The second-order valence-electron chi connectivity index (χ2n) is 10.9. The minimum absolute atomic E-state index is 0.00138. The van der Waals surface area contributed by atoms with Gasteiger partial charge in [-0.2, -0.15) is 18.3 Å². The quantitative estimate of drug-likeness (QED) is 0.244. The summed E-state index contributed by atoms with van der Waals surface area (Å²) in [5.41, 5.74) is 2.05. The Labute approximate surface area is 261 Å². The number of ketones is 1. The number of hydrogen-bond acceptors (Lipinski definition) is 7. The highest BCUT2D eigenvalue weighted by Crippen LogP contribution is 2.27. The van der Waals surface area contributed by atoms with Gasteiger partial charge in [0.05, 0.1) is 29.4 Å². The average molecular weight is 645 g/mol. The van der Waals surface area contributed by atoms with Crippen LogP contribution in [0.1, 0.15) is 52.6 Å². The lowest BCUT2D eigenvalue weighted by atomic mass is 10.1. The largest absolute Gasteiger partial charge is 0.390 e. The number of aromatic nitrogens is 5. The summed E-state index contributed by atoms with van der Waals surface area (Å²) in [5.74, 6) is -0.139. The van der Waals surface area contributed by atoms with Gasteiger partial charge in [-0.15, -0.1) is 10.2 Å². The van der Waals surface area contributed by atoms with Crippen LogP contribution in [0.5, 0.6) is 0 Å². The van der Waals surface area contributed by atoms with Gasteiger partial charge in [0.25, 0.3) is 5.91 Å². The third-order valence-electron chi connectivity index (χ3n) is 7.73. The summed E-state index contributed by atoms with van der Waals surface area (Å²) in [6, 6.07) is 8.21. The molecule has 238 valence electrons. The van der Waals surface area contributed by atoms with Crippen molar-refractivity contribution < 1.29 is 27.6 Å². The Balaban J connectivity index is 1.27. The smallest absolute Gasteiger partial charge is 0.339 e. The van der Waals surface area contributed by atoms with E-state index in [4.69, 9.17) is 11.6 Å². The Hall–Kier alpha value is -4.30. The van der Waals surface area contributed by atoms with E-state index in [9.17, 15) is 27.6 Å². The van der Waals surface area contributed by atoms with Crippen LogP contribution in [-0.4, -0.2) is 90.8 Å². The first kappa shape index (κ1) is 32.1. The Bertz CT molecular complexity index is 1710. The van der Waals surface area contributed by atoms with Gasteiger partial charge in [-0.25, -0.2) is 4.68 Å². The molecule has 0 aliphatic carbocycles. The van der Waals surface area contributed by atoms with Crippen molar-refractivity contribution in [2.45, 2.75) is 45.8 Å². The molecule has 3 aromatic heterocycles. The van der Waals surface area contributed by atoms with Gasteiger partial charge < -0.3 is 14.8 Å². The van der Waals surface area contributed by atoms with Crippen molar-refractivity contribution in [2.75, 3.05) is 38.0 Å². The first-order chi connectivity index (χ1) is 21.4. The SMILES string of the molecule is CCCC(=O)c1cnn(-c2ccc(NC(=O)c3cn(CC(=O)N4CCN(CCC(F)(F)F)CC4)c4ccc(Cl)cc34)nn2)c1C. The van der Waals surface area contributed by atoms with E-state index in [1.165, 1.54) is 10.9 Å². The molecule has 45 heavy (non-hydrogen) atoms. The standard InChI is InChI=1S/C30H32ClF3N8O3/c1-3-4-25(43)22-16-35-42(19(22)2)27-8-7-26(37-38-27)36-29(45)23-17-41(24-6-5-20(31)15-21(23)24)18-28(44)40-13-11-39(12-14-40)10-9-30(32,33)34/h5-8,15-17H,3-4,9-14,18H2,1-2H3,(H,36,37,45). The highest BCUT2D eigenvalue weighted by molar-refractivity contribution is 6.31. The minimum Gasteiger partial charge on any atom is -0.339 e. The van der Waals surface area contributed by atoms with Crippen LogP contribution in [0.15, 0.2) is 42.7 Å². The van der Waals surface area contributed by atoms with E-state index in [1.807, 2.05) is 6.92 Å². The van der Waals surface area contributed by atoms with E-state index >= 15 is 0 Å². The van der Waals surface area contributed by atoms with Crippen molar-refractivity contribution in [3.05, 3.63) is 64.6 Å². The number of amides is 2. The van der Waals surface area contributed by atoms with Crippen LogP contribution in [0.4, 0.5) is 19.0 Å². The molecule has 0 spiro atoms. The summed E-state index contributed by atoms with van der Waals surface area (Å²) in [4.78, 5) is 42.2. The minimum atomic E-state index is -4.22. The number of alkyl halides is 3. The number of rotatable bonds is 10. The van der Waals surface area contributed by atoms with E-state index in [0.29, 0.717) is 65.6 Å². The van der Waals surface area contributed by atoms with Crippen molar-refractivity contribution in [3.63, 3.8) is 0 Å². The molecule has 1 aliphatic heterocycles. The second-order valence-corrected chi connectivity index (χ2v) is 11.3. The number of halogens is 4. The Morgan fingerprint density at radius 1 is 1.02 bits per heavy atom. The molecule has 15 heteroatoms. The number of nitrogens with one attached hydrogen (secondary N) is 1. The van der Waals surface area contributed by atoms with Crippen LogP contribution in [0, 0.1) is 6.92 Å². The van der Waals surface area contributed by atoms with Crippen LogP contribution in [0.3, 0.4) is 0 Å². The first-order valence-electron chi connectivity index (χ1n) is 14.5. The van der Waals surface area contributed by atoms with Crippen LogP contribution in [0.25, 0.3) is 16.7 Å². The van der Waals surface area contributed by atoms with Gasteiger partial charge in [0, 0.05) is 61.3 Å². The van der Waals surface area contributed by atoms with E-state index in [-0.39, 0.29) is 36.2 Å². The molecule has 1 saturated heterocycles. The maximum atomic E-state index is 13.4. The molecule has 0 saturated carbocycles. The normalized spacial score (nSPS) is 14.2. The average Bonchev–Trinajstić information content (AvgIpc) is 3.56. The molecule has 0 radical (unpaired) electrons. The predicted molar refractivity (Wildman–Crippen MR) is 162 cm³/mol. The monoisotopic (exact) mass is 644 g/mol. The molecule has 5 rings (SSSR count). The molecule has 1 aliphatic rings. The lowest BCUT2D eigenvalue weighted by Crippen LogP contribution is -2.50. The number of hydrogen-bond donors (Lipinski definition) is 1. The lowest BCUT2D eigenvalue weighted by Gasteiger charge is -2.35. The molecule has 0 unspecified atom stereocenters. The summed E-state index contributed by atoms with van der Waals surface area (Å²) < 4.78 is 40.9. The summed E-state index contributed by atoms with van der Waals surface area (Å²) >= 11 is 6.24. The van der Waals surface area contributed by atoms with Crippen LogP contribution < -0.4 is 5.32 Å². The maximum absolute atomic E-state index is 13.4. The number of fused-ring (bicyclic) bond motifs is 1. The maximum Gasteiger partial charge on any atom is 0.390 e. The molecular formula is C30H32ClF3N8O3. The molecule has 2 amide bonds. The van der Waals surface area contributed by atoms with E-state index in [1.54, 1.807) is 57.8 Å². The number of anilines is 1. The fourth-order valence-electron chi connectivity index (χ4n) is 5.30. The molecule has 4 heterocycles. The molecule has 0 atom stereocenters. The van der Waals surface area contributed by atoms with Gasteiger partial charge in [-0.1, -0.05) is 18.5 Å². The topological polar surface area (TPSA) is 118 Å². The summed E-state index contributed by atoms with van der Waals surface area (Å²) in [6.07, 6.45) is -0.874. The van der Waals surface area contributed by atoms with E-state index in [2.05, 4.69) is 20.6 Å². The fourth-order valence-corrected chi connectivity index (χ4v) is 5.47. The number of carbonyl (C=O) groups is 3. The van der Waals surface area contributed by atoms with Crippen LogP contribution >= 0.6 is 11.6 Å². The molecule has 1 fully saturated rings. The highest BCUT2D eigenvalue weighted by Gasteiger charge is 2.29. The Morgan fingerprint density at radius 3 is 2.44 bits per heavy atom. The van der Waals surface area contributed by atoms with Crippen molar-refractivity contribution in [1.82, 2.24) is 34.3 Å². The summed E-state index contributed by atoms with van der Waals surface area (Å²) in [6.45, 7) is 4.90. The van der Waals surface area contributed by atoms with Crippen LogP contribution in [-0.2, 0) is 11.3 Å². The van der Waals surface area contributed by atoms with E-state index < -0.39 is 18.5 Å². The number of piperazine rings is 1. The molecule has 1 N–H and O–H groups in total. The van der Waals surface area contributed by atoms with Gasteiger partial charge in [0.1, 0.15) is 6.54 Å². The van der Waals surface area contributed by atoms with Gasteiger partial charge in [0.15, 0.2) is 17.4 Å². The van der Waals surface area contributed by atoms with Gasteiger partial charge >= 0.3 is 6.18 Å². The number of benzene rings is 1. The van der Waals surface area contributed by atoms with Gasteiger partial charge in [-0.3, -0.25) is 19.3 Å². The summed E-state index contributed by atoms with van der Waals surface area (Å²) in [5, 5.41) is 16.2. The Kier molecular flexibility index (Phi) is 9.53. The first-order valence-corrected chi connectivity index (χ1v) is 14.9. The fraction of sp³-hybridized carbons (Fsp3) is 0.400. The van der Waals surface area contributed by atoms with E-state index in [0.717, 1.165) is 6.42 Å². The van der Waals surface area contributed by atoms with Crippen molar-refractivity contribution in [3.8, 4) is 5.82 Å². The number of carbonyl (C=O) groups excluding carboxylic acids is 3. The molecule has 0 bridgehead atoms. The number of Topliss-reactive ketones (excluding diaryl/α,β-unsaturated/α-hetero) is 1. The van der Waals surface area contributed by atoms with Crippen molar-refractivity contribution in [1.29, 1.82) is 0 Å². The number of nitrogens with zero attached hydrogens (tertiary/aromatic N) is 7. The zero-order valence-corrected chi connectivity index (χ0v) is 25.5. The molecular weight excluding hydrogens is 613 g/mol. The predicted octanol–water partition coefficient (Wildman–Crippen LogP) is 4.91. The molecule has 1 aromatic carbocycles. The van der Waals surface area contributed by atoms with Crippen molar-refractivity contribution >= 4 is 45.9 Å². The van der Waals surface area contributed by atoms with Crippen molar-refractivity contribution in [2.24, 2.45) is 0 Å². The summed E-state index contributed by atoms with van der Waals surface area (Å²) in [7, 11) is 0. The third-order valence-corrected chi connectivity index (χ3v) is 7.96. The zero-order chi connectivity index (χ0) is 32.3. The van der Waals surface area contributed by atoms with Gasteiger partial charge in [-0.05, 0) is 43.7 Å². The van der Waals surface area contributed by atoms with Gasteiger partial charge in [0.2, 0.25) is 5.91 Å². The Morgan fingerprint density at radius 2 is 1.78 bits per heavy atom. The second kappa shape index (κ2) is 13.4. The lowest BCUT2D eigenvalue weighted by molar-refractivity contribution is -0.141. The molecule has 11 nitrogen and oxygen atoms in total. The third kappa shape index (κ3) is 7.51. The molecule has 4 aromatic rings. The zero-order valence-electron chi connectivity index (χ0n) is 24.8.